The van der Waals surface area contributed by atoms with E-state index in [-0.39, 0.29) is 12.5 Å². The number of carboxylic acids is 1. The molecule has 5 nitrogen and oxygen atoms in total. The second-order valence-electron chi connectivity index (χ2n) is 3.65. The second kappa shape index (κ2) is 7.69. The summed E-state index contributed by atoms with van der Waals surface area (Å²) >= 11 is 0. The fourth-order valence-corrected chi connectivity index (χ4v) is 1.30. The molecule has 0 radical (unpaired) electrons. The predicted octanol–water partition coefficient (Wildman–Crippen LogP) is 0.946. The molecule has 0 saturated carbocycles. The Bertz CT molecular complexity index is 512. The molecule has 0 spiro atoms. The lowest BCUT2D eigenvalue weighted by atomic mass is 10.2. The Morgan fingerprint density at radius 2 is 2.00 bits per heavy atom. The number of aliphatic carboxylic acids is 1. The molecule has 0 aliphatic carbocycles. The number of amides is 1. The van der Waals surface area contributed by atoms with Crippen molar-refractivity contribution in [3.05, 3.63) is 35.9 Å². The van der Waals surface area contributed by atoms with Crippen LogP contribution in [-0.2, 0) is 9.59 Å². The quantitative estimate of drug-likeness (QED) is 0.403. The molecule has 1 aromatic carbocycles. The van der Waals surface area contributed by atoms with Gasteiger partial charge in [0.15, 0.2) is 0 Å². The Morgan fingerprint density at radius 3 is 2.58 bits per heavy atom. The van der Waals surface area contributed by atoms with Crippen molar-refractivity contribution in [1.29, 1.82) is 0 Å². The molecule has 1 aromatic rings. The molecular weight excluding hydrogens is 244 g/mol. The third-order valence-corrected chi connectivity index (χ3v) is 2.13. The topological polar surface area (TPSA) is 78.4 Å². The minimum Gasteiger partial charge on any atom is -0.478 e. The third kappa shape index (κ3) is 6.05. The summed E-state index contributed by atoms with van der Waals surface area (Å²) in [5.41, 5.74) is 1.38. The van der Waals surface area contributed by atoms with E-state index >= 15 is 0 Å². The minimum absolute atomic E-state index is 0.144. The molecule has 98 valence electrons. The van der Waals surface area contributed by atoms with Gasteiger partial charge in [0.25, 0.3) is 0 Å². The number of nitrogens with one attached hydrogen (secondary N) is 2. The summed E-state index contributed by atoms with van der Waals surface area (Å²) in [4.78, 5) is 21.8. The molecule has 0 aromatic heterocycles. The molecule has 0 fully saturated rings. The van der Waals surface area contributed by atoms with Crippen LogP contribution in [0.3, 0.4) is 0 Å². The first kappa shape index (κ1) is 14.5. The Balaban J connectivity index is 2.50. The van der Waals surface area contributed by atoms with Crippen LogP contribution in [0.15, 0.2) is 30.3 Å². The second-order valence-corrected chi connectivity index (χ2v) is 3.65. The minimum atomic E-state index is -1.00. The van der Waals surface area contributed by atoms with E-state index in [1.54, 1.807) is 24.3 Å². The Kier molecular flexibility index (Phi) is 5.86. The molecular formula is C14H14N2O3. The number of hydrogen-bond donors (Lipinski definition) is 3. The van der Waals surface area contributed by atoms with Crippen LogP contribution in [0.25, 0.3) is 6.08 Å². The average molecular weight is 258 g/mol. The van der Waals surface area contributed by atoms with Crippen molar-refractivity contribution < 1.29 is 14.7 Å². The van der Waals surface area contributed by atoms with Crippen molar-refractivity contribution in [2.75, 3.05) is 18.4 Å². The SMILES string of the molecule is C#CCNCC(=O)Nc1ccc(/C=C/C(=O)O)cc1. The summed E-state index contributed by atoms with van der Waals surface area (Å²) < 4.78 is 0. The molecule has 5 heteroatoms. The van der Waals surface area contributed by atoms with E-state index in [1.807, 2.05) is 0 Å². The monoisotopic (exact) mass is 258 g/mol. The van der Waals surface area contributed by atoms with E-state index in [2.05, 4.69) is 16.6 Å². The van der Waals surface area contributed by atoms with E-state index < -0.39 is 5.97 Å². The normalized spacial score (nSPS) is 10.1. The van der Waals surface area contributed by atoms with Gasteiger partial charge in [-0.2, -0.15) is 0 Å². The smallest absolute Gasteiger partial charge is 0.328 e. The van der Waals surface area contributed by atoms with Gasteiger partial charge in [-0.3, -0.25) is 10.1 Å². The van der Waals surface area contributed by atoms with Gasteiger partial charge in [-0.05, 0) is 23.8 Å². The van der Waals surface area contributed by atoms with Crippen LogP contribution in [0.5, 0.6) is 0 Å². The van der Waals surface area contributed by atoms with Crippen molar-refractivity contribution in [3.8, 4) is 12.3 Å². The number of terminal acetylenes is 1. The van der Waals surface area contributed by atoms with Crippen molar-refractivity contribution in [1.82, 2.24) is 5.32 Å². The highest BCUT2D eigenvalue weighted by Crippen LogP contribution is 2.10. The fourth-order valence-electron chi connectivity index (χ4n) is 1.30. The highest BCUT2D eigenvalue weighted by Gasteiger charge is 2.00. The highest BCUT2D eigenvalue weighted by atomic mass is 16.4. The van der Waals surface area contributed by atoms with Crippen LogP contribution < -0.4 is 10.6 Å². The molecule has 0 aliphatic heterocycles. The summed E-state index contributed by atoms with van der Waals surface area (Å²) in [6.45, 7) is 0.483. The summed E-state index contributed by atoms with van der Waals surface area (Å²) in [7, 11) is 0. The van der Waals surface area contributed by atoms with Crippen molar-refractivity contribution >= 4 is 23.6 Å². The Morgan fingerprint density at radius 1 is 1.32 bits per heavy atom. The summed E-state index contributed by atoms with van der Waals surface area (Å²) in [5, 5.41) is 13.9. The summed E-state index contributed by atoms with van der Waals surface area (Å²) in [5.74, 6) is 1.18. The van der Waals surface area contributed by atoms with E-state index in [0.717, 1.165) is 11.6 Å². The van der Waals surface area contributed by atoms with Gasteiger partial charge in [0.2, 0.25) is 5.91 Å². The number of hydrogen-bond acceptors (Lipinski definition) is 3. The van der Waals surface area contributed by atoms with E-state index in [1.165, 1.54) is 6.08 Å². The van der Waals surface area contributed by atoms with Gasteiger partial charge in [-0.15, -0.1) is 6.42 Å². The number of rotatable bonds is 6. The van der Waals surface area contributed by atoms with Crippen molar-refractivity contribution in [3.63, 3.8) is 0 Å². The maximum absolute atomic E-state index is 11.5. The van der Waals surface area contributed by atoms with Crippen LogP contribution in [0.2, 0.25) is 0 Å². The van der Waals surface area contributed by atoms with Gasteiger partial charge in [0.05, 0.1) is 13.1 Å². The molecule has 0 bridgehead atoms. The van der Waals surface area contributed by atoms with E-state index in [9.17, 15) is 9.59 Å². The molecule has 0 unspecified atom stereocenters. The lowest BCUT2D eigenvalue weighted by Gasteiger charge is -2.05. The van der Waals surface area contributed by atoms with Gasteiger partial charge < -0.3 is 10.4 Å². The van der Waals surface area contributed by atoms with Crippen LogP contribution >= 0.6 is 0 Å². The van der Waals surface area contributed by atoms with Gasteiger partial charge in [0, 0.05) is 11.8 Å². The molecule has 1 rings (SSSR count). The fraction of sp³-hybridized carbons (Fsp3) is 0.143. The zero-order chi connectivity index (χ0) is 14.1. The lowest BCUT2D eigenvalue weighted by molar-refractivity contribution is -0.131. The molecule has 0 aliphatic rings. The third-order valence-electron chi connectivity index (χ3n) is 2.13. The first-order valence-corrected chi connectivity index (χ1v) is 5.57. The Hall–Kier alpha value is -2.58. The number of carbonyl (C=O) groups is 2. The zero-order valence-electron chi connectivity index (χ0n) is 10.2. The molecule has 3 N–H and O–H groups in total. The number of carbonyl (C=O) groups excluding carboxylic acids is 1. The van der Waals surface area contributed by atoms with Crippen LogP contribution in [0, 0.1) is 12.3 Å². The average Bonchev–Trinajstić information content (AvgIpc) is 2.38. The van der Waals surface area contributed by atoms with Crippen LogP contribution in [0.4, 0.5) is 5.69 Å². The maximum Gasteiger partial charge on any atom is 0.328 e. The molecule has 1 amide bonds. The standard InChI is InChI=1S/C14H14N2O3/c1-2-9-15-10-13(17)16-12-6-3-11(4-7-12)5-8-14(18)19/h1,3-8,15H,9-10H2,(H,16,17)(H,18,19)/b8-5+. The molecule has 0 heterocycles. The van der Waals surface area contributed by atoms with E-state index in [0.29, 0.717) is 12.2 Å². The van der Waals surface area contributed by atoms with Crippen molar-refractivity contribution in [2.24, 2.45) is 0 Å². The summed E-state index contributed by atoms with van der Waals surface area (Å²) in [6, 6.07) is 6.81. The Labute approximate surface area is 111 Å². The van der Waals surface area contributed by atoms with Crippen molar-refractivity contribution in [2.45, 2.75) is 0 Å². The van der Waals surface area contributed by atoms with Crippen LogP contribution in [0.1, 0.15) is 5.56 Å². The number of anilines is 1. The molecule has 0 atom stereocenters. The largest absolute Gasteiger partial charge is 0.478 e. The van der Waals surface area contributed by atoms with E-state index in [4.69, 9.17) is 11.5 Å². The number of benzene rings is 1. The zero-order valence-corrected chi connectivity index (χ0v) is 10.2. The lowest BCUT2D eigenvalue weighted by Crippen LogP contribution is -2.28. The van der Waals surface area contributed by atoms with Gasteiger partial charge >= 0.3 is 5.97 Å². The predicted molar refractivity (Wildman–Crippen MR) is 73.4 cm³/mol. The summed E-state index contributed by atoms with van der Waals surface area (Å²) in [6.07, 6.45) is 7.57. The van der Waals surface area contributed by atoms with Gasteiger partial charge in [-0.25, -0.2) is 4.79 Å². The van der Waals surface area contributed by atoms with Gasteiger partial charge in [0.1, 0.15) is 0 Å². The highest BCUT2D eigenvalue weighted by molar-refractivity contribution is 5.92. The first-order valence-electron chi connectivity index (χ1n) is 5.57. The van der Waals surface area contributed by atoms with Crippen LogP contribution in [-0.4, -0.2) is 30.1 Å². The first-order chi connectivity index (χ1) is 9.11. The molecule has 19 heavy (non-hydrogen) atoms. The molecule has 0 saturated heterocycles. The van der Waals surface area contributed by atoms with Gasteiger partial charge in [-0.1, -0.05) is 18.1 Å². The maximum atomic E-state index is 11.5. The number of carboxylic acid groups (broad SMARTS) is 1.